The van der Waals surface area contributed by atoms with E-state index in [0.717, 1.165) is 18.6 Å². The monoisotopic (exact) mass is 346 g/mol. The fourth-order valence-electron chi connectivity index (χ4n) is 4.34. The standard InChI is InChI=1S/C18H22N2O3S/c1-22-14-6-4-13(5-7-14)18(11-17(12-18)8-3-9-17)16-19-15(20-23-16)10-24(2)21/h4-7H,3,8-12H2,1-2H3. The first-order chi connectivity index (χ1) is 11.6. The lowest BCUT2D eigenvalue weighted by molar-refractivity contribution is -0.0425. The van der Waals surface area contributed by atoms with Gasteiger partial charge in [0, 0.05) is 17.1 Å². The number of hydrogen-bond donors (Lipinski definition) is 0. The SMILES string of the molecule is COc1ccc(C2(c3nc(CS(C)=O)no3)CC3(CCC3)C2)cc1. The van der Waals surface area contributed by atoms with Crippen molar-refractivity contribution in [1.82, 2.24) is 10.1 Å². The summed E-state index contributed by atoms with van der Waals surface area (Å²) in [6.45, 7) is 0. The molecule has 5 nitrogen and oxygen atoms in total. The van der Waals surface area contributed by atoms with Gasteiger partial charge in [0.15, 0.2) is 5.82 Å². The minimum absolute atomic E-state index is 0.201. The molecular formula is C18H22N2O3S. The highest BCUT2D eigenvalue weighted by Gasteiger charge is 2.61. The van der Waals surface area contributed by atoms with E-state index >= 15 is 0 Å². The number of methoxy groups -OCH3 is 1. The van der Waals surface area contributed by atoms with Gasteiger partial charge in [-0.1, -0.05) is 23.7 Å². The molecule has 1 heterocycles. The number of rotatable bonds is 5. The average Bonchev–Trinajstić information content (AvgIpc) is 2.93. The molecule has 128 valence electrons. The summed E-state index contributed by atoms with van der Waals surface area (Å²) in [4.78, 5) is 4.59. The minimum Gasteiger partial charge on any atom is -0.497 e. The molecule has 2 fully saturated rings. The normalized spacial score (nSPS) is 21.8. The third-order valence-corrected chi connectivity index (χ3v) is 6.28. The summed E-state index contributed by atoms with van der Waals surface area (Å²) < 4.78 is 22.3. The summed E-state index contributed by atoms with van der Waals surface area (Å²) in [5.74, 6) is 2.39. The number of nitrogens with zero attached hydrogens (tertiary/aromatic N) is 2. The second-order valence-electron chi connectivity index (χ2n) is 7.25. The van der Waals surface area contributed by atoms with Crippen molar-refractivity contribution in [3.8, 4) is 5.75 Å². The van der Waals surface area contributed by atoms with E-state index in [9.17, 15) is 4.21 Å². The fourth-order valence-corrected chi connectivity index (χ4v) is 4.82. The molecule has 2 aromatic rings. The van der Waals surface area contributed by atoms with Crippen LogP contribution >= 0.6 is 0 Å². The Hall–Kier alpha value is -1.69. The molecule has 4 rings (SSSR count). The Morgan fingerprint density at radius 3 is 2.50 bits per heavy atom. The molecule has 1 spiro atoms. The summed E-state index contributed by atoms with van der Waals surface area (Å²) in [6, 6.07) is 8.18. The Morgan fingerprint density at radius 1 is 1.25 bits per heavy atom. The molecular weight excluding hydrogens is 324 g/mol. The van der Waals surface area contributed by atoms with Gasteiger partial charge in [0.05, 0.1) is 18.3 Å². The van der Waals surface area contributed by atoms with Gasteiger partial charge in [-0.15, -0.1) is 0 Å². The lowest BCUT2D eigenvalue weighted by Gasteiger charge is -2.59. The van der Waals surface area contributed by atoms with Crippen molar-refractivity contribution < 1.29 is 13.5 Å². The average molecular weight is 346 g/mol. The first-order valence-corrected chi connectivity index (χ1v) is 10.1. The van der Waals surface area contributed by atoms with Gasteiger partial charge in [-0.3, -0.25) is 4.21 Å². The Kier molecular flexibility index (Phi) is 3.75. The van der Waals surface area contributed by atoms with E-state index in [2.05, 4.69) is 22.3 Å². The molecule has 1 unspecified atom stereocenters. The van der Waals surface area contributed by atoms with Crippen LogP contribution in [-0.2, 0) is 22.0 Å². The summed E-state index contributed by atoms with van der Waals surface area (Å²) in [6.07, 6.45) is 7.69. The van der Waals surface area contributed by atoms with Gasteiger partial charge in [-0.05, 0) is 48.8 Å². The molecule has 2 saturated carbocycles. The predicted octanol–water partition coefficient (Wildman–Crippen LogP) is 3.21. The second kappa shape index (κ2) is 5.69. The molecule has 0 N–H and O–H groups in total. The summed E-state index contributed by atoms with van der Waals surface area (Å²) in [7, 11) is 0.703. The molecule has 0 saturated heterocycles. The zero-order valence-electron chi connectivity index (χ0n) is 14.1. The molecule has 0 aliphatic heterocycles. The van der Waals surface area contributed by atoms with Gasteiger partial charge in [0.2, 0.25) is 5.89 Å². The highest BCUT2D eigenvalue weighted by atomic mass is 32.2. The maximum Gasteiger partial charge on any atom is 0.237 e. The van der Waals surface area contributed by atoms with E-state index in [-0.39, 0.29) is 5.41 Å². The second-order valence-corrected chi connectivity index (χ2v) is 8.69. The lowest BCUT2D eigenvalue weighted by atomic mass is 9.43. The number of aromatic nitrogens is 2. The molecule has 1 atom stereocenters. The molecule has 2 aliphatic rings. The predicted molar refractivity (Wildman–Crippen MR) is 91.4 cm³/mol. The molecule has 1 aromatic carbocycles. The minimum atomic E-state index is -0.970. The Labute approximate surface area is 144 Å². The Balaban J connectivity index is 1.68. The van der Waals surface area contributed by atoms with Crippen LogP contribution in [0.15, 0.2) is 28.8 Å². The van der Waals surface area contributed by atoms with Crippen LogP contribution in [0, 0.1) is 5.41 Å². The van der Waals surface area contributed by atoms with Gasteiger partial charge >= 0.3 is 0 Å². The fraction of sp³-hybridized carbons (Fsp3) is 0.556. The highest BCUT2D eigenvalue weighted by Crippen LogP contribution is 2.66. The first-order valence-electron chi connectivity index (χ1n) is 8.33. The first kappa shape index (κ1) is 15.8. The van der Waals surface area contributed by atoms with Gasteiger partial charge in [0.25, 0.3) is 0 Å². The molecule has 1 aromatic heterocycles. The third kappa shape index (κ3) is 2.48. The zero-order chi connectivity index (χ0) is 16.8. The lowest BCUT2D eigenvalue weighted by Crippen LogP contribution is -2.53. The summed E-state index contributed by atoms with van der Waals surface area (Å²) >= 11 is 0. The number of hydrogen-bond acceptors (Lipinski definition) is 5. The van der Waals surface area contributed by atoms with Crippen molar-refractivity contribution >= 4 is 10.8 Å². The van der Waals surface area contributed by atoms with E-state index in [4.69, 9.17) is 9.26 Å². The molecule has 2 aliphatic carbocycles. The number of benzene rings is 1. The highest BCUT2D eigenvalue weighted by molar-refractivity contribution is 7.83. The quantitative estimate of drug-likeness (QED) is 0.832. The van der Waals surface area contributed by atoms with Crippen molar-refractivity contribution in [2.24, 2.45) is 5.41 Å². The van der Waals surface area contributed by atoms with Crippen molar-refractivity contribution in [2.45, 2.75) is 43.3 Å². The maximum atomic E-state index is 11.4. The Bertz CT molecular complexity index is 757. The van der Waals surface area contributed by atoms with E-state index in [0.29, 0.717) is 22.9 Å². The van der Waals surface area contributed by atoms with Crippen LogP contribution in [0.25, 0.3) is 0 Å². The van der Waals surface area contributed by atoms with Crippen molar-refractivity contribution in [3.05, 3.63) is 41.5 Å². The van der Waals surface area contributed by atoms with E-state index in [1.807, 2.05) is 12.1 Å². The van der Waals surface area contributed by atoms with Gasteiger partial charge in [0.1, 0.15) is 5.75 Å². The maximum absolute atomic E-state index is 11.4. The molecule has 6 heteroatoms. The van der Waals surface area contributed by atoms with Crippen molar-refractivity contribution in [3.63, 3.8) is 0 Å². The third-order valence-electron chi connectivity index (χ3n) is 5.62. The molecule has 24 heavy (non-hydrogen) atoms. The summed E-state index contributed by atoms with van der Waals surface area (Å²) in [5, 5.41) is 4.05. The van der Waals surface area contributed by atoms with Crippen molar-refractivity contribution in [2.75, 3.05) is 13.4 Å². The molecule has 0 amide bonds. The number of ether oxygens (including phenoxy) is 1. The molecule has 0 radical (unpaired) electrons. The molecule has 0 bridgehead atoms. The smallest absolute Gasteiger partial charge is 0.237 e. The van der Waals surface area contributed by atoms with E-state index in [1.54, 1.807) is 13.4 Å². The summed E-state index contributed by atoms with van der Waals surface area (Å²) in [5.41, 5.74) is 1.46. The largest absolute Gasteiger partial charge is 0.497 e. The van der Waals surface area contributed by atoms with Crippen molar-refractivity contribution in [1.29, 1.82) is 0 Å². The van der Waals surface area contributed by atoms with Crippen LogP contribution < -0.4 is 4.74 Å². The van der Waals surface area contributed by atoms with Crippen LogP contribution in [0.5, 0.6) is 5.75 Å². The van der Waals surface area contributed by atoms with Crippen LogP contribution in [0.1, 0.15) is 49.4 Å². The van der Waals surface area contributed by atoms with Gasteiger partial charge in [-0.2, -0.15) is 4.98 Å². The van der Waals surface area contributed by atoms with E-state index < -0.39 is 10.8 Å². The van der Waals surface area contributed by atoms with Gasteiger partial charge in [-0.25, -0.2) is 0 Å². The topological polar surface area (TPSA) is 65.2 Å². The Morgan fingerprint density at radius 2 is 1.96 bits per heavy atom. The van der Waals surface area contributed by atoms with Crippen LogP contribution in [0.2, 0.25) is 0 Å². The van der Waals surface area contributed by atoms with Gasteiger partial charge < -0.3 is 9.26 Å². The van der Waals surface area contributed by atoms with Crippen LogP contribution in [0.4, 0.5) is 0 Å². The van der Waals surface area contributed by atoms with Crippen LogP contribution in [-0.4, -0.2) is 27.7 Å². The van der Waals surface area contributed by atoms with E-state index in [1.165, 1.54) is 24.8 Å². The van der Waals surface area contributed by atoms with Crippen LogP contribution in [0.3, 0.4) is 0 Å². The zero-order valence-corrected chi connectivity index (χ0v) is 14.9.